The Balaban J connectivity index is 2.43. The second-order valence-corrected chi connectivity index (χ2v) is 5.62. The lowest BCUT2D eigenvalue weighted by molar-refractivity contribution is 0.543. The van der Waals surface area contributed by atoms with Crippen molar-refractivity contribution in [3.63, 3.8) is 0 Å². The highest BCUT2D eigenvalue weighted by atomic mass is 19.1. The quantitative estimate of drug-likeness (QED) is 0.643. The van der Waals surface area contributed by atoms with E-state index >= 15 is 0 Å². The number of hydrogen-bond donors (Lipinski definition) is 1. The van der Waals surface area contributed by atoms with Gasteiger partial charge in [0.15, 0.2) is 0 Å². The molecular formula is C17H28FN. The topological polar surface area (TPSA) is 26.0 Å². The summed E-state index contributed by atoms with van der Waals surface area (Å²) in [6, 6.07) is 3.22. The van der Waals surface area contributed by atoms with Crippen molar-refractivity contribution in [3.8, 4) is 0 Å². The van der Waals surface area contributed by atoms with Gasteiger partial charge in [-0.25, -0.2) is 4.39 Å². The lowest BCUT2D eigenvalue weighted by atomic mass is 9.93. The standard InChI is InChI=1S/C17H28FN/c1-4-5-6-7-8-9-10-16(19)17-13(2)11-15(18)12-14(17)3/h11-12,16H,4-10,19H2,1-3H3. The molecule has 19 heavy (non-hydrogen) atoms. The van der Waals surface area contributed by atoms with Crippen molar-refractivity contribution in [1.29, 1.82) is 0 Å². The molecule has 0 aromatic heterocycles. The Bertz CT molecular complexity index is 364. The second-order valence-electron chi connectivity index (χ2n) is 5.62. The van der Waals surface area contributed by atoms with Gasteiger partial charge in [-0.05, 0) is 49.1 Å². The molecule has 0 aliphatic carbocycles. The Morgan fingerprint density at radius 2 is 1.53 bits per heavy atom. The molecule has 0 spiro atoms. The summed E-state index contributed by atoms with van der Waals surface area (Å²) in [6.07, 6.45) is 8.69. The van der Waals surface area contributed by atoms with Crippen LogP contribution in [0.5, 0.6) is 0 Å². The summed E-state index contributed by atoms with van der Waals surface area (Å²) in [4.78, 5) is 0. The summed E-state index contributed by atoms with van der Waals surface area (Å²) in [5.41, 5.74) is 9.36. The van der Waals surface area contributed by atoms with Gasteiger partial charge in [-0.3, -0.25) is 0 Å². The molecule has 0 radical (unpaired) electrons. The lowest BCUT2D eigenvalue weighted by Gasteiger charge is -2.17. The Hall–Kier alpha value is -0.890. The van der Waals surface area contributed by atoms with Gasteiger partial charge in [0, 0.05) is 6.04 Å². The first-order chi connectivity index (χ1) is 9.06. The first-order valence-corrected chi connectivity index (χ1v) is 7.58. The van der Waals surface area contributed by atoms with Gasteiger partial charge in [-0.15, -0.1) is 0 Å². The summed E-state index contributed by atoms with van der Waals surface area (Å²) in [7, 11) is 0. The molecular weight excluding hydrogens is 237 g/mol. The first kappa shape index (κ1) is 16.2. The third-order valence-electron chi connectivity index (χ3n) is 3.80. The van der Waals surface area contributed by atoms with Crippen LogP contribution in [-0.2, 0) is 0 Å². The van der Waals surface area contributed by atoms with E-state index in [9.17, 15) is 4.39 Å². The fourth-order valence-electron chi connectivity index (χ4n) is 2.80. The maximum Gasteiger partial charge on any atom is 0.123 e. The molecule has 1 rings (SSSR count). The Morgan fingerprint density at radius 1 is 1.00 bits per heavy atom. The average molecular weight is 265 g/mol. The predicted molar refractivity (Wildman–Crippen MR) is 80.8 cm³/mol. The van der Waals surface area contributed by atoms with Crippen molar-refractivity contribution in [2.75, 3.05) is 0 Å². The summed E-state index contributed by atoms with van der Waals surface area (Å²) >= 11 is 0. The van der Waals surface area contributed by atoms with E-state index < -0.39 is 0 Å². The van der Waals surface area contributed by atoms with Crippen molar-refractivity contribution >= 4 is 0 Å². The molecule has 1 unspecified atom stereocenters. The highest BCUT2D eigenvalue weighted by Crippen LogP contribution is 2.25. The number of hydrogen-bond acceptors (Lipinski definition) is 1. The van der Waals surface area contributed by atoms with Crippen LogP contribution in [0.3, 0.4) is 0 Å². The van der Waals surface area contributed by atoms with Gasteiger partial charge >= 0.3 is 0 Å². The molecule has 1 atom stereocenters. The monoisotopic (exact) mass is 265 g/mol. The van der Waals surface area contributed by atoms with Crippen LogP contribution in [0.4, 0.5) is 4.39 Å². The van der Waals surface area contributed by atoms with E-state index in [2.05, 4.69) is 6.92 Å². The Labute approximate surface area is 117 Å². The molecule has 0 amide bonds. The third-order valence-corrected chi connectivity index (χ3v) is 3.80. The van der Waals surface area contributed by atoms with Crippen LogP contribution in [0.2, 0.25) is 0 Å². The molecule has 0 bridgehead atoms. The third kappa shape index (κ3) is 5.32. The number of benzene rings is 1. The molecule has 0 fully saturated rings. The van der Waals surface area contributed by atoms with Gasteiger partial charge in [0.1, 0.15) is 5.82 Å². The van der Waals surface area contributed by atoms with E-state index in [1.807, 2.05) is 13.8 Å². The van der Waals surface area contributed by atoms with E-state index in [4.69, 9.17) is 5.73 Å². The molecule has 0 heterocycles. The Morgan fingerprint density at radius 3 is 2.11 bits per heavy atom. The first-order valence-electron chi connectivity index (χ1n) is 7.58. The highest BCUT2D eigenvalue weighted by molar-refractivity contribution is 5.36. The Kier molecular flexibility index (Phi) is 7.07. The second kappa shape index (κ2) is 8.31. The van der Waals surface area contributed by atoms with Crippen LogP contribution in [0.15, 0.2) is 12.1 Å². The van der Waals surface area contributed by atoms with Crippen molar-refractivity contribution < 1.29 is 4.39 Å². The maximum absolute atomic E-state index is 13.3. The van der Waals surface area contributed by atoms with E-state index in [0.717, 1.165) is 23.1 Å². The van der Waals surface area contributed by atoms with Crippen molar-refractivity contribution in [1.82, 2.24) is 0 Å². The van der Waals surface area contributed by atoms with Crippen LogP contribution >= 0.6 is 0 Å². The number of aryl methyl sites for hydroxylation is 2. The zero-order chi connectivity index (χ0) is 14.3. The summed E-state index contributed by atoms with van der Waals surface area (Å²) in [6.45, 7) is 6.13. The lowest BCUT2D eigenvalue weighted by Crippen LogP contribution is -2.13. The van der Waals surface area contributed by atoms with Gasteiger partial charge in [0.25, 0.3) is 0 Å². The molecule has 0 saturated heterocycles. The van der Waals surface area contributed by atoms with Crippen LogP contribution in [0, 0.1) is 19.7 Å². The molecule has 2 heteroatoms. The van der Waals surface area contributed by atoms with Crippen molar-refractivity contribution in [3.05, 3.63) is 34.6 Å². The summed E-state index contributed by atoms with van der Waals surface area (Å²) in [5, 5.41) is 0. The maximum atomic E-state index is 13.3. The van der Waals surface area contributed by atoms with Gasteiger partial charge < -0.3 is 5.73 Å². The fourth-order valence-corrected chi connectivity index (χ4v) is 2.80. The summed E-state index contributed by atoms with van der Waals surface area (Å²) < 4.78 is 13.3. The number of nitrogens with two attached hydrogens (primary N) is 1. The largest absolute Gasteiger partial charge is 0.324 e. The zero-order valence-electron chi connectivity index (χ0n) is 12.6. The highest BCUT2D eigenvalue weighted by Gasteiger charge is 2.12. The van der Waals surface area contributed by atoms with Gasteiger partial charge in [-0.2, -0.15) is 0 Å². The molecule has 0 aliphatic rings. The van der Waals surface area contributed by atoms with Crippen LogP contribution in [-0.4, -0.2) is 0 Å². The van der Waals surface area contributed by atoms with Crippen LogP contribution < -0.4 is 5.73 Å². The molecule has 0 saturated carbocycles. The van der Waals surface area contributed by atoms with Crippen LogP contribution in [0.1, 0.15) is 74.6 Å². The molecule has 1 aromatic carbocycles. The average Bonchev–Trinajstić information content (AvgIpc) is 2.32. The molecule has 0 aliphatic heterocycles. The van der Waals surface area contributed by atoms with Gasteiger partial charge in [0.05, 0.1) is 0 Å². The number of unbranched alkanes of at least 4 members (excludes halogenated alkanes) is 5. The minimum absolute atomic E-state index is 0.0479. The normalized spacial score (nSPS) is 12.7. The fraction of sp³-hybridized carbons (Fsp3) is 0.647. The molecule has 108 valence electrons. The zero-order valence-corrected chi connectivity index (χ0v) is 12.6. The van der Waals surface area contributed by atoms with Gasteiger partial charge in [0.2, 0.25) is 0 Å². The number of rotatable bonds is 8. The van der Waals surface area contributed by atoms with E-state index in [1.165, 1.54) is 38.5 Å². The SMILES string of the molecule is CCCCCCCCC(N)c1c(C)cc(F)cc1C. The van der Waals surface area contributed by atoms with E-state index in [-0.39, 0.29) is 11.9 Å². The van der Waals surface area contributed by atoms with Crippen molar-refractivity contribution in [2.45, 2.75) is 71.8 Å². The minimum Gasteiger partial charge on any atom is -0.324 e. The molecule has 1 nitrogen and oxygen atoms in total. The van der Waals surface area contributed by atoms with E-state index in [0.29, 0.717) is 0 Å². The predicted octanol–water partition coefficient (Wildman–Crippen LogP) is 5.19. The van der Waals surface area contributed by atoms with Gasteiger partial charge in [-0.1, -0.05) is 45.4 Å². The summed E-state index contributed by atoms with van der Waals surface area (Å²) in [5.74, 6) is -0.162. The minimum atomic E-state index is -0.162. The molecule has 1 aromatic rings. The molecule has 2 N–H and O–H groups in total. The van der Waals surface area contributed by atoms with E-state index in [1.54, 1.807) is 12.1 Å². The van der Waals surface area contributed by atoms with Crippen molar-refractivity contribution in [2.24, 2.45) is 5.73 Å². The smallest absolute Gasteiger partial charge is 0.123 e. The van der Waals surface area contributed by atoms with Crippen LogP contribution in [0.25, 0.3) is 0 Å². The number of halogens is 1.